The molecule has 56 heavy (non-hydrogen) atoms. The maximum Gasteiger partial charge on any atom is 0.164 e. The number of nitrogens with zero attached hydrogens (tertiary/aromatic N) is 1. The molecule has 7 rings (SSSR count). The maximum atomic E-state index is 14.5. The molecule has 1 aromatic heterocycles. The number of benzene rings is 5. The Hall–Kier alpha value is -5.73. The lowest BCUT2D eigenvalue weighted by molar-refractivity contribution is -0.123. The van der Waals surface area contributed by atoms with E-state index in [1.54, 1.807) is 55.9 Å². The number of aromatic hydroxyl groups is 3. The summed E-state index contributed by atoms with van der Waals surface area (Å²) < 4.78 is 12.0. The molecule has 0 bridgehead atoms. The number of aromatic nitrogens is 1. The lowest BCUT2D eigenvalue weighted by Crippen LogP contribution is -2.30. The van der Waals surface area contributed by atoms with Gasteiger partial charge in [0.05, 0.1) is 19.3 Å². The minimum absolute atomic E-state index is 0.0366. The van der Waals surface area contributed by atoms with E-state index < -0.39 is 17.9 Å². The van der Waals surface area contributed by atoms with E-state index in [-0.39, 0.29) is 42.0 Å². The van der Waals surface area contributed by atoms with E-state index in [2.05, 4.69) is 29.2 Å². The summed E-state index contributed by atoms with van der Waals surface area (Å²) in [5, 5.41) is 46.4. The number of ketones is 1. The molecule has 6 aromatic rings. The first-order valence-electron chi connectivity index (χ1n) is 19.6. The van der Waals surface area contributed by atoms with Gasteiger partial charge in [-0.05, 0) is 114 Å². The van der Waals surface area contributed by atoms with Gasteiger partial charge in [0.15, 0.2) is 23.0 Å². The van der Waals surface area contributed by atoms with Gasteiger partial charge in [0.1, 0.15) is 11.5 Å². The van der Waals surface area contributed by atoms with Crippen LogP contribution in [-0.2, 0) is 30.5 Å². The molecular weight excluding hydrogens is 703 g/mol. The van der Waals surface area contributed by atoms with Gasteiger partial charge in [-0.25, -0.2) is 0 Å². The number of ether oxygens (including phenoxy) is 2. The summed E-state index contributed by atoms with van der Waals surface area (Å²) in [4.78, 5) is 18.8. The van der Waals surface area contributed by atoms with Crippen LogP contribution in [0, 0.1) is 5.92 Å². The van der Waals surface area contributed by atoms with Gasteiger partial charge in [0, 0.05) is 24.3 Å². The number of phenolic OH excluding ortho intramolecular Hbond substituents is 3. The van der Waals surface area contributed by atoms with Crippen LogP contribution >= 0.6 is 0 Å². The predicted molar refractivity (Wildman–Crippen MR) is 218 cm³/mol. The molecule has 0 aliphatic heterocycles. The summed E-state index contributed by atoms with van der Waals surface area (Å²) in [6.07, 6.45) is 9.30. The number of hydrogen-bond acceptors (Lipinski definition) is 7. The lowest BCUT2D eigenvalue weighted by atomic mass is 9.80. The number of aliphatic hydroxyl groups is 1. The van der Waals surface area contributed by atoms with Gasteiger partial charge in [0.2, 0.25) is 0 Å². The van der Waals surface area contributed by atoms with E-state index in [1.807, 2.05) is 42.5 Å². The summed E-state index contributed by atoms with van der Waals surface area (Å²) in [6.45, 7) is 0. The Labute approximate surface area is 328 Å². The van der Waals surface area contributed by atoms with Crippen LogP contribution in [0.2, 0.25) is 0 Å². The zero-order valence-electron chi connectivity index (χ0n) is 31.8. The molecule has 1 aliphatic rings. The Morgan fingerprint density at radius 2 is 1.57 bits per heavy atom. The normalized spacial score (nSPS) is 15.0. The molecule has 0 saturated heterocycles. The molecule has 5 aromatic carbocycles. The fraction of sp³-hybridized carbons (Fsp3) is 0.312. The Bertz CT molecular complexity index is 2240. The number of methoxy groups -OCH3 is 1. The first-order chi connectivity index (χ1) is 27.2. The van der Waals surface area contributed by atoms with Crippen LogP contribution in [0.25, 0.3) is 10.8 Å². The molecule has 0 radical (unpaired) electrons. The average molecular weight is 753 g/mol. The molecule has 290 valence electrons. The lowest BCUT2D eigenvalue weighted by Gasteiger charge is -2.27. The Balaban J connectivity index is 1.17. The molecule has 3 unspecified atom stereocenters. The van der Waals surface area contributed by atoms with Crippen molar-refractivity contribution in [2.45, 2.75) is 82.3 Å². The van der Waals surface area contributed by atoms with Crippen molar-refractivity contribution in [1.29, 1.82) is 0 Å². The molecule has 3 atom stereocenters. The topological polar surface area (TPSA) is 131 Å². The minimum Gasteiger partial charge on any atom is -0.670 e. The van der Waals surface area contributed by atoms with Gasteiger partial charge in [-0.3, -0.25) is 4.79 Å². The molecule has 0 spiro atoms. The van der Waals surface area contributed by atoms with Gasteiger partial charge in [0.25, 0.3) is 0 Å². The summed E-state index contributed by atoms with van der Waals surface area (Å²) in [5.74, 6) is -0.299. The van der Waals surface area contributed by atoms with Gasteiger partial charge in [-0.1, -0.05) is 84.8 Å². The highest BCUT2D eigenvalue weighted by Gasteiger charge is 2.30. The summed E-state index contributed by atoms with van der Waals surface area (Å²) >= 11 is 0. The molecular formula is C48H50NO7-. The quantitative estimate of drug-likeness (QED) is 0.0771. The second-order valence-corrected chi connectivity index (χ2v) is 15.2. The number of carbonyl (C=O) groups is 1. The number of Topliss-reactive ketones (excluding diaryl/α,β-unsaturated/α-hetero) is 1. The molecule has 4 N–H and O–H groups in total. The van der Waals surface area contributed by atoms with E-state index >= 15 is 0 Å². The van der Waals surface area contributed by atoms with Crippen molar-refractivity contribution in [3.8, 4) is 28.7 Å². The Kier molecular flexibility index (Phi) is 12.3. The van der Waals surface area contributed by atoms with Crippen molar-refractivity contribution < 1.29 is 34.7 Å². The van der Waals surface area contributed by atoms with Crippen molar-refractivity contribution in [3.63, 3.8) is 0 Å². The number of phenols is 3. The standard InChI is InChI=1S/C48H50NO7/c1-55-48-42(28-35-11-7-10-33-9-5-6-16-40(33)35)36(18-20-44(48)52)26-37(23-32-21-22-49-30-32)45(53)29-46(54)41(34-12-8-13-38(50)27-34)24-31-17-19-43(51)47(25-31)56-39-14-3-2-4-15-39/h5-13,16-22,25,27,30,37,39,41,45,50-53H,2-4,14-15,23-24,26,28-29H2,1H3/q-1. The number of fused-ring (bicyclic) bond motifs is 1. The average Bonchev–Trinajstić information content (AvgIpc) is 3.72. The molecule has 8 nitrogen and oxygen atoms in total. The zero-order valence-corrected chi connectivity index (χ0v) is 31.8. The summed E-state index contributed by atoms with van der Waals surface area (Å²) in [5.41, 5.74) is 5.20. The molecule has 8 heteroatoms. The first kappa shape index (κ1) is 38.5. The van der Waals surface area contributed by atoms with Crippen LogP contribution in [0.5, 0.6) is 28.7 Å². The third-order valence-electron chi connectivity index (χ3n) is 11.3. The van der Waals surface area contributed by atoms with Crippen LogP contribution < -0.4 is 14.5 Å². The molecule has 1 saturated carbocycles. The Morgan fingerprint density at radius 1 is 0.786 bits per heavy atom. The maximum absolute atomic E-state index is 14.5. The highest BCUT2D eigenvalue weighted by molar-refractivity contribution is 5.87. The van der Waals surface area contributed by atoms with Crippen LogP contribution in [0.4, 0.5) is 0 Å². The monoisotopic (exact) mass is 752 g/mol. The molecule has 0 amide bonds. The number of carbonyl (C=O) groups excluding carboxylic acids is 1. The fourth-order valence-corrected chi connectivity index (χ4v) is 8.33. The number of rotatable bonds is 16. The van der Waals surface area contributed by atoms with Crippen molar-refractivity contribution in [3.05, 3.63) is 149 Å². The molecule has 1 fully saturated rings. The summed E-state index contributed by atoms with van der Waals surface area (Å²) in [7, 11) is 1.55. The van der Waals surface area contributed by atoms with Crippen LogP contribution in [0.3, 0.4) is 0 Å². The van der Waals surface area contributed by atoms with Gasteiger partial charge in [-0.2, -0.15) is 12.4 Å². The zero-order chi connectivity index (χ0) is 39.0. The van der Waals surface area contributed by atoms with E-state index in [9.17, 15) is 25.2 Å². The largest absolute Gasteiger partial charge is 0.670 e. The van der Waals surface area contributed by atoms with E-state index in [0.717, 1.165) is 64.3 Å². The van der Waals surface area contributed by atoms with Crippen molar-refractivity contribution in [1.82, 2.24) is 4.98 Å². The smallest absolute Gasteiger partial charge is 0.164 e. The highest BCUT2D eigenvalue weighted by atomic mass is 16.5. The predicted octanol–water partition coefficient (Wildman–Crippen LogP) is 8.97. The van der Waals surface area contributed by atoms with Crippen LogP contribution in [-0.4, -0.2) is 45.5 Å². The fourth-order valence-electron chi connectivity index (χ4n) is 8.33. The second-order valence-electron chi connectivity index (χ2n) is 15.2. The van der Waals surface area contributed by atoms with E-state index in [0.29, 0.717) is 36.3 Å². The third kappa shape index (κ3) is 9.20. The third-order valence-corrected chi connectivity index (χ3v) is 11.3. The van der Waals surface area contributed by atoms with Crippen LogP contribution in [0.1, 0.15) is 77.8 Å². The highest BCUT2D eigenvalue weighted by Crippen LogP contribution is 2.38. The van der Waals surface area contributed by atoms with Gasteiger partial charge in [-0.15, -0.1) is 0 Å². The molecule has 1 aliphatic carbocycles. The van der Waals surface area contributed by atoms with Gasteiger partial charge >= 0.3 is 0 Å². The van der Waals surface area contributed by atoms with Crippen molar-refractivity contribution in [2.24, 2.45) is 5.92 Å². The SMILES string of the molecule is COc1c(O)ccc(CC(Cc2cc[n-]c2)C(O)CC(=O)C(Cc2ccc(O)c(OC3CCCCC3)c2)c2cccc(O)c2)c1Cc1cccc2ccccc12. The summed E-state index contributed by atoms with van der Waals surface area (Å²) in [6, 6.07) is 31.7. The molecule has 1 heterocycles. The number of aliphatic hydroxyl groups excluding tert-OH is 1. The number of hydrogen-bond donors (Lipinski definition) is 4. The second kappa shape index (κ2) is 17.8. The van der Waals surface area contributed by atoms with Crippen molar-refractivity contribution in [2.75, 3.05) is 7.11 Å². The van der Waals surface area contributed by atoms with Gasteiger partial charge < -0.3 is 34.9 Å². The van der Waals surface area contributed by atoms with E-state index in [1.165, 1.54) is 6.42 Å². The van der Waals surface area contributed by atoms with E-state index in [4.69, 9.17) is 9.47 Å². The van der Waals surface area contributed by atoms with Crippen molar-refractivity contribution >= 4 is 16.6 Å². The van der Waals surface area contributed by atoms with Crippen LogP contribution in [0.15, 0.2) is 116 Å². The first-order valence-corrected chi connectivity index (χ1v) is 19.6. The minimum atomic E-state index is -1.03. The Morgan fingerprint density at radius 3 is 2.36 bits per heavy atom.